The van der Waals surface area contributed by atoms with E-state index in [1.54, 1.807) is 22.6 Å². The number of amides is 3. The third kappa shape index (κ3) is 7.89. The van der Waals surface area contributed by atoms with Crippen LogP contribution < -0.4 is 10.6 Å². The van der Waals surface area contributed by atoms with E-state index in [0.717, 1.165) is 16.5 Å². The second kappa shape index (κ2) is 14.2. The summed E-state index contributed by atoms with van der Waals surface area (Å²) in [5, 5.41) is 11.9. The van der Waals surface area contributed by atoms with Crippen LogP contribution in [0.25, 0.3) is 10.9 Å². The Bertz CT molecular complexity index is 1660. The van der Waals surface area contributed by atoms with Crippen molar-refractivity contribution in [2.45, 2.75) is 71.5 Å². The molecule has 0 aliphatic carbocycles. The largest absolute Gasteiger partial charge is 0.361 e. The number of aromatic nitrogens is 4. The van der Waals surface area contributed by atoms with Crippen molar-refractivity contribution >= 4 is 40.2 Å². The Hall–Kier alpha value is -4.25. The first kappa shape index (κ1) is 32.2. The summed E-state index contributed by atoms with van der Waals surface area (Å²) in [5.41, 5.74) is 2.00. The Labute approximate surface area is 266 Å². The average molecular weight is 636 g/mol. The van der Waals surface area contributed by atoms with Gasteiger partial charge in [0, 0.05) is 53.6 Å². The summed E-state index contributed by atoms with van der Waals surface area (Å²) in [6.07, 6.45) is 2.99. The van der Waals surface area contributed by atoms with Crippen molar-refractivity contribution in [2.75, 3.05) is 13.1 Å². The van der Waals surface area contributed by atoms with Crippen molar-refractivity contribution in [1.82, 2.24) is 35.3 Å². The number of hydrogen-bond donors (Lipinski definition) is 3. The predicted molar refractivity (Wildman–Crippen MR) is 170 cm³/mol. The Morgan fingerprint density at radius 3 is 2.64 bits per heavy atom. The van der Waals surface area contributed by atoms with E-state index in [9.17, 15) is 18.8 Å². The zero-order valence-electron chi connectivity index (χ0n) is 25.8. The summed E-state index contributed by atoms with van der Waals surface area (Å²) < 4.78 is 16.3. The average Bonchev–Trinajstić information content (AvgIpc) is 3.58. The summed E-state index contributed by atoms with van der Waals surface area (Å²) in [6.45, 7) is 6.73. The minimum atomic E-state index is -0.840. The monoisotopic (exact) mass is 635 g/mol. The van der Waals surface area contributed by atoms with Crippen LogP contribution in [-0.4, -0.2) is 61.5 Å². The molecule has 3 amide bonds. The lowest BCUT2D eigenvalue weighted by Gasteiger charge is -2.27. The van der Waals surface area contributed by atoms with Gasteiger partial charge >= 0.3 is 0 Å². The standard InChI is InChI=1S/C33H39ClFN7O3/c1-20(2)16-28-32-37-21(3)40-42(32)15-14-41(31(44)18-24-25(34)9-6-10-26(24)35)13-7-12-30(43)38-29(33(45)39-28)17-22-19-36-27-11-5-4-8-23(22)27/h4-6,8-11,19-20,28-29,36H,7,12-18H2,1-3H3,(H,38,43)(H,39,45)/t28-,29+/m0/s1. The molecule has 0 fully saturated rings. The topological polar surface area (TPSA) is 125 Å². The first-order valence-corrected chi connectivity index (χ1v) is 15.7. The Morgan fingerprint density at radius 1 is 1.07 bits per heavy atom. The van der Waals surface area contributed by atoms with Gasteiger partial charge in [0.25, 0.3) is 0 Å². The number of benzene rings is 2. The maximum atomic E-state index is 14.5. The molecule has 1 aliphatic rings. The molecule has 0 bridgehead atoms. The number of carbonyl (C=O) groups is 3. The molecule has 45 heavy (non-hydrogen) atoms. The second-order valence-electron chi connectivity index (χ2n) is 12.0. The number of aromatic amines is 1. The lowest BCUT2D eigenvalue weighted by atomic mass is 10.0. The van der Waals surface area contributed by atoms with E-state index in [4.69, 9.17) is 11.6 Å². The third-order valence-corrected chi connectivity index (χ3v) is 8.40. The maximum Gasteiger partial charge on any atom is 0.243 e. The molecule has 238 valence electrons. The van der Waals surface area contributed by atoms with Crippen LogP contribution in [0.4, 0.5) is 4.39 Å². The fraction of sp³-hybridized carbons (Fsp3) is 0.424. The molecule has 0 saturated carbocycles. The van der Waals surface area contributed by atoms with Crippen LogP contribution in [0.15, 0.2) is 48.7 Å². The van der Waals surface area contributed by atoms with E-state index in [2.05, 4.69) is 39.5 Å². The van der Waals surface area contributed by atoms with Crippen molar-refractivity contribution in [3.8, 4) is 0 Å². The van der Waals surface area contributed by atoms with Crippen LogP contribution in [0.1, 0.15) is 61.9 Å². The van der Waals surface area contributed by atoms with Gasteiger partial charge in [0.05, 0.1) is 19.0 Å². The molecule has 1 aliphatic heterocycles. The van der Waals surface area contributed by atoms with Crippen molar-refractivity contribution in [1.29, 1.82) is 0 Å². The lowest BCUT2D eigenvalue weighted by Crippen LogP contribution is -2.49. The van der Waals surface area contributed by atoms with E-state index in [1.165, 1.54) is 12.1 Å². The maximum absolute atomic E-state index is 14.5. The van der Waals surface area contributed by atoms with Crippen molar-refractivity contribution in [3.05, 3.63) is 82.3 Å². The van der Waals surface area contributed by atoms with Crippen molar-refractivity contribution < 1.29 is 18.8 Å². The fourth-order valence-electron chi connectivity index (χ4n) is 5.83. The van der Waals surface area contributed by atoms with Crippen LogP contribution in [0.3, 0.4) is 0 Å². The molecule has 3 heterocycles. The minimum absolute atomic E-state index is 0.102. The number of para-hydroxylation sites is 1. The Morgan fingerprint density at radius 2 is 1.87 bits per heavy atom. The quantitative estimate of drug-likeness (QED) is 0.284. The number of nitrogens with zero attached hydrogens (tertiary/aromatic N) is 4. The molecule has 5 rings (SSSR count). The molecule has 0 unspecified atom stereocenters. The van der Waals surface area contributed by atoms with E-state index in [-0.39, 0.29) is 66.6 Å². The summed E-state index contributed by atoms with van der Waals surface area (Å²) in [6, 6.07) is 10.8. The number of fused-ring (bicyclic) bond motifs is 2. The van der Waals surface area contributed by atoms with Crippen LogP contribution in [-0.2, 0) is 33.8 Å². The highest BCUT2D eigenvalue weighted by molar-refractivity contribution is 6.31. The van der Waals surface area contributed by atoms with Gasteiger partial charge in [0.1, 0.15) is 23.5 Å². The normalized spacial score (nSPS) is 18.4. The molecule has 0 radical (unpaired) electrons. The van der Waals surface area contributed by atoms with Gasteiger partial charge in [-0.2, -0.15) is 5.10 Å². The van der Waals surface area contributed by atoms with Gasteiger partial charge < -0.3 is 20.5 Å². The number of nitrogens with one attached hydrogen (secondary N) is 3. The predicted octanol–water partition coefficient (Wildman–Crippen LogP) is 4.66. The highest BCUT2D eigenvalue weighted by Gasteiger charge is 2.29. The van der Waals surface area contributed by atoms with Crippen molar-refractivity contribution in [3.63, 3.8) is 0 Å². The number of halogens is 2. The molecule has 4 aromatic rings. The molecule has 0 saturated heterocycles. The molecular formula is C33H39ClFN7O3. The molecule has 2 aromatic heterocycles. The van der Waals surface area contributed by atoms with Crippen LogP contribution >= 0.6 is 11.6 Å². The molecule has 0 spiro atoms. The highest BCUT2D eigenvalue weighted by Crippen LogP contribution is 2.24. The number of hydrogen-bond acceptors (Lipinski definition) is 5. The number of aryl methyl sites for hydroxylation is 1. The van der Waals surface area contributed by atoms with Gasteiger partial charge in [-0.05, 0) is 49.4 Å². The third-order valence-electron chi connectivity index (χ3n) is 8.05. The first-order chi connectivity index (χ1) is 21.6. The summed E-state index contributed by atoms with van der Waals surface area (Å²) in [4.78, 5) is 50.1. The van der Waals surface area contributed by atoms with Crippen molar-refractivity contribution in [2.24, 2.45) is 5.92 Å². The molecule has 2 aromatic carbocycles. The van der Waals surface area contributed by atoms with Crippen LogP contribution in [0.2, 0.25) is 5.02 Å². The van der Waals surface area contributed by atoms with Crippen LogP contribution in [0, 0.1) is 18.7 Å². The summed E-state index contributed by atoms with van der Waals surface area (Å²) >= 11 is 6.22. The van der Waals surface area contributed by atoms with E-state index >= 15 is 0 Å². The zero-order chi connectivity index (χ0) is 32.1. The molecule has 12 heteroatoms. The summed E-state index contributed by atoms with van der Waals surface area (Å²) in [5.74, 6) is -0.120. The van der Waals surface area contributed by atoms with Gasteiger partial charge in [-0.15, -0.1) is 0 Å². The molecule has 10 nitrogen and oxygen atoms in total. The molecule has 3 N–H and O–H groups in total. The van der Waals surface area contributed by atoms with Gasteiger partial charge in [0.2, 0.25) is 17.7 Å². The number of carbonyl (C=O) groups excluding carboxylic acids is 3. The smallest absolute Gasteiger partial charge is 0.243 e. The first-order valence-electron chi connectivity index (χ1n) is 15.4. The van der Waals surface area contributed by atoms with E-state index in [0.29, 0.717) is 31.0 Å². The van der Waals surface area contributed by atoms with Gasteiger partial charge in [-0.1, -0.05) is 49.7 Å². The van der Waals surface area contributed by atoms with Crippen LogP contribution in [0.5, 0.6) is 0 Å². The number of H-pyrrole nitrogens is 1. The Balaban J connectivity index is 1.45. The summed E-state index contributed by atoms with van der Waals surface area (Å²) in [7, 11) is 0. The molecule has 2 atom stereocenters. The Kier molecular flexibility index (Phi) is 10.2. The van der Waals surface area contributed by atoms with Gasteiger partial charge in [-0.3, -0.25) is 14.4 Å². The van der Waals surface area contributed by atoms with Gasteiger partial charge in [-0.25, -0.2) is 14.1 Å². The SMILES string of the molecule is Cc1nc2n(n1)CCN(C(=O)Cc1c(F)cccc1Cl)CCCC(=O)N[C@H](Cc1c[nH]c3ccccc13)C(=O)N[C@H]2CC(C)C. The lowest BCUT2D eigenvalue weighted by molar-refractivity contribution is -0.131. The second-order valence-corrected chi connectivity index (χ2v) is 12.4. The van der Waals surface area contributed by atoms with Gasteiger partial charge in [0.15, 0.2) is 0 Å². The molecular weight excluding hydrogens is 597 g/mol. The van der Waals surface area contributed by atoms with E-state index < -0.39 is 17.9 Å². The zero-order valence-corrected chi connectivity index (χ0v) is 26.5. The highest BCUT2D eigenvalue weighted by atomic mass is 35.5. The minimum Gasteiger partial charge on any atom is -0.361 e. The fourth-order valence-corrected chi connectivity index (χ4v) is 6.06. The van der Waals surface area contributed by atoms with E-state index in [1.807, 2.05) is 30.5 Å². The number of rotatable bonds is 6.